The van der Waals surface area contributed by atoms with Crippen LogP contribution in [0.15, 0.2) is 98.1 Å². The van der Waals surface area contributed by atoms with E-state index in [2.05, 4.69) is 26.8 Å². The van der Waals surface area contributed by atoms with E-state index in [1.165, 1.54) is 18.5 Å². The van der Waals surface area contributed by atoms with Gasteiger partial charge in [-0.25, -0.2) is 19.3 Å². The fourth-order valence-corrected chi connectivity index (χ4v) is 4.03. The lowest BCUT2D eigenvalue weighted by molar-refractivity contribution is -0.137. The lowest BCUT2D eigenvalue weighted by Crippen LogP contribution is -2.08. The Morgan fingerprint density at radius 3 is 2.54 bits per heavy atom. The first-order chi connectivity index (χ1) is 18.7. The molecule has 1 N–H and O–H groups in total. The van der Waals surface area contributed by atoms with Crippen LogP contribution >= 0.6 is 0 Å². The van der Waals surface area contributed by atoms with Gasteiger partial charge < -0.3 is 10.1 Å². The van der Waals surface area contributed by atoms with E-state index in [1.54, 1.807) is 42.6 Å². The second-order valence-corrected chi connectivity index (χ2v) is 8.35. The van der Waals surface area contributed by atoms with E-state index in [4.69, 9.17) is 4.74 Å². The minimum atomic E-state index is -4.57. The van der Waals surface area contributed by atoms with Gasteiger partial charge in [-0.15, -0.1) is 0 Å². The van der Waals surface area contributed by atoms with Gasteiger partial charge in [0.05, 0.1) is 11.1 Å². The zero-order valence-electron chi connectivity index (χ0n) is 20.0. The standard InChI is InChI=1S/C29H18F4N4O2/c1-2-26(38)37-25-6-4-3-5-22(25)23-12-17(11-18-15-34-16-36-28(18)23)21-8-7-20(14-24(21)30)39-27-13-19(9-10-35-27)29(31,32)33/h2-16H,1H2,(H,37,38). The van der Waals surface area contributed by atoms with Gasteiger partial charge in [0.15, 0.2) is 0 Å². The molecule has 0 radical (unpaired) electrons. The summed E-state index contributed by atoms with van der Waals surface area (Å²) in [5, 5.41) is 3.40. The molecule has 0 bridgehead atoms. The quantitative estimate of drug-likeness (QED) is 0.182. The van der Waals surface area contributed by atoms with Gasteiger partial charge in [0, 0.05) is 52.3 Å². The predicted octanol–water partition coefficient (Wildman–Crippen LogP) is 7.43. The highest BCUT2D eigenvalue weighted by Gasteiger charge is 2.31. The first-order valence-corrected chi connectivity index (χ1v) is 11.5. The summed E-state index contributed by atoms with van der Waals surface area (Å²) in [6.07, 6.45) is 0.541. The molecule has 0 atom stereocenters. The molecule has 5 rings (SSSR count). The highest BCUT2D eigenvalue weighted by molar-refractivity contribution is 6.05. The van der Waals surface area contributed by atoms with E-state index in [9.17, 15) is 18.0 Å². The van der Waals surface area contributed by atoms with Crippen LogP contribution < -0.4 is 10.1 Å². The third-order valence-corrected chi connectivity index (χ3v) is 5.80. The van der Waals surface area contributed by atoms with E-state index in [0.717, 1.165) is 30.5 Å². The van der Waals surface area contributed by atoms with Crippen molar-refractivity contribution in [3.63, 3.8) is 0 Å². The molecule has 2 heterocycles. The molecule has 1 amide bonds. The number of carbonyl (C=O) groups excluding carboxylic acids is 1. The van der Waals surface area contributed by atoms with Crippen LogP contribution in [0.4, 0.5) is 23.2 Å². The van der Waals surface area contributed by atoms with Crippen molar-refractivity contribution in [2.75, 3.05) is 5.32 Å². The zero-order valence-corrected chi connectivity index (χ0v) is 20.0. The Balaban J connectivity index is 1.56. The number of para-hydroxylation sites is 1. The van der Waals surface area contributed by atoms with Crippen LogP contribution in [0.25, 0.3) is 33.2 Å². The molecule has 0 saturated carbocycles. The molecule has 0 aliphatic carbocycles. The van der Waals surface area contributed by atoms with Gasteiger partial charge >= 0.3 is 6.18 Å². The highest BCUT2D eigenvalue weighted by Crippen LogP contribution is 2.38. The number of anilines is 1. The normalized spacial score (nSPS) is 11.3. The number of hydrogen-bond acceptors (Lipinski definition) is 5. The van der Waals surface area contributed by atoms with Gasteiger partial charge in [-0.3, -0.25) is 4.79 Å². The second kappa shape index (κ2) is 10.3. The minimum Gasteiger partial charge on any atom is -0.439 e. The van der Waals surface area contributed by atoms with Gasteiger partial charge in [0.2, 0.25) is 11.8 Å². The van der Waals surface area contributed by atoms with E-state index < -0.39 is 23.5 Å². The number of fused-ring (bicyclic) bond motifs is 1. The van der Waals surface area contributed by atoms with E-state index in [0.29, 0.717) is 33.3 Å². The Morgan fingerprint density at radius 1 is 0.949 bits per heavy atom. The summed E-state index contributed by atoms with van der Waals surface area (Å²) in [5.74, 6) is -1.41. The molecule has 39 heavy (non-hydrogen) atoms. The van der Waals surface area contributed by atoms with E-state index >= 15 is 4.39 Å². The Morgan fingerprint density at radius 2 is 1.77 bits per heavy atom. The first kappa shape index (κ1) is 25.5. The summed E-state index contributed by atoms with van der Waals surface area (Å²) in [4.78, 5) is 24.3. The maximum absolute atomic E-state index is 15.4. The van der Waals surface area contributed by atoms with E-state index in [1.807, 2.05) is 0 Å². The third kappa shape index (κ3) is 5.45. The Hall–Kier alpha value is -5.12. The van der Waals surface area contributed by atoms with Crippen LogP contribution in [0.2, 0.25) is 0 Å². The lowest BCUT2D eigenvalue weighted by atomic mass is 9.95. The van der Waals surface area contributed by atoms with Crippen molar-refractivity contribution in [3.05, 3.63) is 109 Å². The van der Waals surface area contributed by atoms with Crippen molar-refractivity contribution < 1.29 is 27.1 Å². The van der Waals surface area contributed by atoms with Crippen molar-refractivity contribution in [2.45, 2.75) is 6.18 Å². The van der Waals surface area contributed by atoms with Crippen molar-refractivity contribution in [3.8, 4) is 33.9 Å². The van der Waals surface area contributed by atoms with Crippen LogP contribution in [0.3, 0.4) is 0 Å². The smallest absolute Gasteiger partial charge is 0.416 e. The largest absolute Gasteiger partial charge is 0.439 e. The molecular formula is C29H18F4N4O2. The summed E-state index contributed by atoms with van der Waals surface area (Å²) >= 11 is 0. The Kier molecular flexibility index (Phi) is 6.76. The number of aromatic nitrogens is 3. The van der Waals surface area contributed by atoms with Crippen molar-refractivity contribution in [1.29, 1.82) is 0 Å². The van der Waals surface area contributed by atoms with Crippen molar-refractivity contribution >= 4 is 22.5 Å². The molecular weight excluding hydrogens is 512 g/mol. The fourth-order valence-electron chi connectivity index (χ4n) is 4.03. The molecule has 0 saturated heterocycles. The number of benzene rings is 3. The highest BCUT2D eigenvalue weighted by atomic mass is 19.4. The minimum absolute atomic E-state index is 0.0232. The first-order valence-electron chi connectivity index (χ1n) is 11.5. The summed E-state index contributed by atoms with van der Waals surface area (Å²) in [5.41, 5.74) is 2.13. The number of amides is 1. The summed E-state index contributed by atoms with van der Waals surface area (Å²) < 4.78 is 59.8. The maximum Gasteiger partial charge on any atom is 0.416 e. The summed E-state index contributed by atoms with van der Waals surface area (Å²) in [6.45, 7) is 3.48. The monoisotopic (exact) mass is 530 g/mol. The van der Waals surface area contributed by atoms with Gasteiger partial charge in [-0.2, -0.15) is 13.2 Å². The fraction of sp³-hybridized carbons (Fsp3) is 0.0345. The summed E-state index contributed by atoms with van der Waals surface area (Å²) in [7, 11) is 0. The number of ether oxygens (including phenoxy) is 1. The molecule has 0 aliphatic rings. The van der Waals surface area contributed by atoms with E-state index in [-0.39, 0.29) is 17.2 Å². The topological polar surface area (TPSA) is 77.0 Å². The molecule has 194 valence electrons. The lowest BCUT2D eigenvalue weighted by Gasteiger charge is -2.15. The number of hydrogen-bond donors (Lipinski definition) is 1. The van der Waals surface area contributed by atoms with Crippen LogP contribution in [0.1, 0.15) is 5.56 Å². The number of nitrogens with one attached hydrogen (secondary N) is 1. The van der Waals surface area contributed by atoms with Crippen LogP contribution in [-0.4, -0.2) is 20.9 Å². The molecule has 3 aromatic carbocycles. The van der Waals surface area contributed by atoms with Crippen molar-refractivity contribution in [2.24, 2.45) is 0 Å². The van der Waals surface area contributed by atoms with Gasteiger partial charge in [-0.05, 0) is 48.0 Å². The van der Waals surface area contributed by atoms with Gasteiger partial charge in [-0.1, -0.05) is 24.8 Å². The number of carbonyl (C=O) groups is 1. The van der Waals surface area contributed by atoms with Crippen LogP contribution in [0.5, 0.6) is 11.6 Å². The zero-order chi connectivity index (χ0) is 27.6. The molecule has 0 spiro atoms. The number of rotatable bonds is 6. The molecule has 5 aromatic rings. The summed E-state index contributed by atoms with van der Waals surface area (Å²) in [6, 6.07) is 16.1. The molecule has 2 aromatic heterocycles. The van der Waals surface area contributed by atoms with Gasteiger partial charge in [0.1, 0.15) is 17.9 Å². The Labute approximate surface area is 219 Å². The average molecular weight is 530 g/mol. The van der Waals surface area contributed by atoms with Crippen molar-refractivity contribution in [1.82, 2.24) is 15.0 Å². The molecule has 0 fully saturated rings. The number of alkyl halides is 3. The SMILES string of the molecule is C=CC(=O)Nc1ccccc1-c1cc(-c2ccc(Oc3cc(C(F)(F)F)ccn3)cc2F)cc2cncnc12. The van der Waals surface area contributed by atoms with Crippen LogP contribution in [0, 0.1) is 5.82 Å². The molecule has 0 aliphatic heterocycles. The third-order valence-electron chi connectivity index (χ3n) is 5.80. The molecule has 6 nitrogen and oxygen atoms in total. The molecule has 10 heteroatoms. The Bertz CT molecular complexity index is 1720. The average Bonchev–Trinajstić information content (AvgIpc) is 2.92. The number of pyridine rings is 1. The number of nitrogens with zero attached hydrogens (tertiary/aromatic N) is 3. The van der Waals surface area contributed by atoms with Crippen LogP contribution in [-0.2, 0) is 11.0 Å². The molecule has 0 unspecified atom stereocenters. The second-order valence-electron chi connectivity index (χ2n) is 8.35. The predicted molar refractivity (Wildman–Crippen MR) is 139 cm³/mol. The van der Waals surface area contributed by atoms with Gasteiger partial charge in [0.25, 0.3) is 0 Å². The maximum atomic E-state index is 15.4. The number of halogens is 4.